The highest BCUT2D eigenvalue weighted by molar-refractivity contribution is 6.57. The first kappa shape index (κ1) is 10.9. The highest BCUT2D eigenvalue weighted by atomic mass is 16.5. The molecule has 7 heteroatoms. The van der Waals surface area contributed by atoms with Crippen molar-refractivity contribution in [2.45, 2.75) is 13.3 Å². The smallest absolute Gasteiger partial charge is 0.478 e. The van der Waals surface area contributed by atoms with E-state index in [0.29, 0.717) is 5.65 Å². The van der Waals surface area contributed by atoms with Gasteiger partial charge in [0.1, 0.15) is 0 Å². The molecule has 0 aliphatic heterocycles. The van der Waals surface area contributed by atoms with Gasteiger partial charge in [0, 0.05) is 12.4 Å². The third-order valence-electron chi connectivity index (χ3n) is 2.30. The number of rotatable bonds is 3. The van der Waals surface area contributed by atoms with Gasteiger partial charge in [-0.15, -0.1) is 0 Å². The summed E-state index contributed by atoms with van der Waals surface area (Å²) in [7, 11) is -0.151. The number of methoxy groups -OCH3 is 1. The molecule has 0 atom stereocenters. The van der Waals surface area contributed by atoms with E-state index < -0.39 is 7.12 Å². The van der Waals surface area contributed by atoms with Crippen molar-refractivity contribution in [1.82, 2.24) is 14.4 Å². The van der Waals surface area contributed by atoms with Gasteiger partial charge >= 0.3 is 7.12 Å². The molecule has 0 aromatic carbocycles. The molecule has 2 N–H and O–H groups in total. The number of aromatic nitrogens is 3. The Morgan fingerprint density at radius 1 is 1.38 bits per heavy atom. The molecule has 0 fully saturated rings. The Morgan fingerprint density at radius 2 is 2.12 bits per heavy atom. The summed E-state index contributed by atoms with van der Waals surface area (Å²) < 4.78 is 6.74. The van der Waals surface area contributed by atoms with Crippen LogP contribution in [0, 0.1) is 0 Å². The summed E-state index contributed by atoms with van der Waals surface area (Å²) in [4.78, 5) is 8.28. The van der Waals surface area contributed by atoms with E-state index in [9.17, 15) is 0 Å². The quantitative estimate of drug-likeness (QED) is 0.648. The summed E-state index contributed by atoms with van der Waals surface area (Å²) in [6.45, 7) is 1.99. The van der Waals surface area contributed by atoms with E-state index in [-0.39, 0.29) is 11.5 Å². The minimum atomic E-state index is -1.62. The van der Waals surface area contributed by atoms with Gasteiger partial charge in [-0.05, 0) is 6.42 Å². The highest BCUT2D eigenvalue weighted by Gasteiger charge is 2.18. The van der Waals surface area contributed by atoms with Crippen molar-refractivity contribution in [2.75, 3.05) is 7.11 Å². The van der Waals surface area contributed by atoms with Crippen molar-refractivity contribution in [2.24, 2.45) is 0 Å². The monoisotopic (exact) mass is 221 g/mol. The van der Waals surface area contributed by atoms with Crippen molar-refractivity contribution in [3.05, 3.63) is 18.1 Å². The van der Waals surface area contributed by atoms with Gasteiger partial charge in [0.05, 0.1) is 18.4 Å². The first-order valence-corrected chi connectivity index (χ1v) is 4.94. The fourth-order valence-corrected chi connectivity index (χ4v) is 1.47. The van der Waals surface area contributed by atoms with Crippen molar-refractivity contribution in [1.29, 1.82) is 0 Å². The van der Waals surface area contributed by atoms with Crippen LogP contribution in [-0.4, -0.2) is 38.6 Å². The number of aryl methyl sites for hydroxylation is 1. The zero-order chi connectivity index (χ0) is 11.7. The Bertz CT molecular complexity index is 512. The summed E-state index contributed by atoms with van der Waals surface area (Å²) in [5.74, 6) is 0.283. The van der Waals surface area contributed by atoms with Crippen molar-refractivity contribution in [3.8, 4) is 5.88 Å². The minimum absolute atomic E-state index is 0.129. The van der Waals surface area contributed by atoms with E-state index in [1.807, 2.05) is 13.1 Å². The molecule has 16 heavy (non-hydrogen) atoms. The molecular weight excluding hydrogens is 209 g/mol. The molecule has 0 aliphatic rings. The summed E-state index contributed by atoms with van der Waals surface area (Å²) >= 11 is 0. The van der Waals surface area contributed by atoms with Crippen LogP contribution >= 0.6 is 0 Å². The van der Waals surface area contributed by atoms with E-state index in [2.05, 4.69) is 9.97 Å². The molecular formula is C9H12BN3O3. The lowest BCUT2D eigenvalue weighted by atomic mass is 9.87. The Hall–Kier alpha value is -1.60. The number of fused-ring (bicyclic) bond motifs is 1. The highest BCUT2D eigenvalue weighted by Crippen LogP contribution is 2.14. The van der Waals surface area contributed by atoms with Gasteiger partial charge in [-0.3, -0.25) is 0 Å². The molecule has 84 valence electrons. The number of imidazole rings is 1. The minimum Gasteiger partial charge on any atom is -0.478 e. The molecule has 0 saturated carbocycles. The number of hydrogen-bond acceptors (Lipinski definition) is 5. The van der Waals surface area contributed by atoms with E-state index in [1.165, 1.54) is 13.3 Å². The van der Waals surface area contributed by atoms with Crippen LogP contribution in [0.2, 0.25) is 0 Å². The summed E-state index contributed by atoms with van der Waals surface area (Å²) in [6, 6.07) is 0. The molecule has 2 rings (SSSR count). The van der Waals surface area contributed by atoms with Crippen LogP contribution in [0.4, 0.5) is 0 Å². The van der Waals surface area contributed by atoms with Crippen LogP contribution in [0.3, 0.4) is 0 Å². The summed E-state index contributed by atoms with van der Waals surface area (Å²) in [6.07, 6.45) is 4.13. The van der Waals surface area contributed by atoms with Gasteiger partial charge in [0.15, 0.2) is 0 Å². The van der Waals surface area contributed by atoms with E-state index in [1.54, 1.807) is 4.40 Å². The Morgan fingerprint density at radius 3 is 2.69 bits per heavy atom. The third-order valence-corrected chi connectivity index (χ3v) is 2.30. The van der Waals surface area contributed by atoms with Crippen LogP contribution < -0.4 is 10.3 Å². The lowest BCUT2D eigenvalue weighted by molar-refractivity contribution is 0.396. The topological polar surface area (TPSA) is 79.9 Å². The molecule has 0 unspecified atom stereocenters. The molecule has 0 saturated heterocycles. The predicted octanol–water partition coefficient (Wildman–Crippen LogP) is -1.02. The third kappa shape index (κ3) is 1.75. The summed E-state index contributed by atoms with van der Waals surface area (Å²) in [5, 5.41) is 18.1. The van der Waals surface area contributed by atoms with Crippen molar-refractivity contribution in [3.63, 3.8) is 0 Å². The van der Waals surface area contributed by atoms with Gasteiger partial charge < -0.3 is 19.2 Å². The lowest BCUT2D eigenvalue weighted by Gasteiger charge is -2.04. The second-order valence-electron chi connectivity index (χ2n) is 3.37. The van der Waals surface area contributed by atoms with Gasteiger partial charge in [0.2, 0.25) is 5.65 Å². The first-order chi connectivity index (χ1) is 7.65. The molecule has 2 aromatic heterocycles. The second kappa shape index (κ2) is 4.11. The molecule has 0 aliphatic carbocycles. The second-order valence-corrected chi connectivity index (χ2v) is 3.37. The predicted molar refractivity (Wildman–Crippen MR) is 58.7 cm³/mol. The van der Waals surface area contributed by atoms with Crippen molar-refractivity contribution >= 4 is 18.4 Å². The maximum Gasteiger partial charge on any atom is 0.509 e. The molecule has 0 bridgehead atoms. The van der Waals surface area contributed by atoms with Crippen LogP contribution in [0.5, 0.6) is 5.88 Å². The molecule has 2 heterocycles. The number of ether oxygens (including phenoxy) is 1. The Labute approximate surface area is 92.7 Å². The molecule has 6 nitrogen and oxygen atoms in total. The average Bonchev–Trinajstić information content (AvgIpc) is 2.70. The molecule has 0 radical (unpaired) electrons. The van der Waals surface area contributed by atoms with Crippen LogP contribution in [0.1, 0.15) is 12.6 Å². The maximum atomic E-state index is 9.07. The normalized spacial score (nSPS) is 10.8. The molecule has 0 spiro atoms. The average molecular weight is 221 g/mol. The molecule has 2 aromatic rings. The van der Waals surface area contributed by atoms with Crippen LogP contribution in [-0.2, 0) is 6.42 Å². The van der Waals surface area contributed by atoms with Gasteiger partial charge in [-0.1, -0.05) is 6.92 Å². The fraction of sp³-hybridized carbons (Fsp3) is 0.333. The lowest BCUT2D eigenvalue weighted by Crippen LogP contribution is -2.33. The summed E-state index contributed by atoms with van der Waals surface area (Å²) in [5.41, 5.74) is 1.60. The number of nitrogens with zero attached hydrogens (tertiary/aromatic N) is 3. The Balaban J connectivity index is 2.66. The van der Waals surface area contributed by atoms with Crippen molar-refractivity contribution < 1.29 is 14.8 Å². The zero-order valence-electron chi connectivity index (χ0n) is 9.08. The number of hydrogen-bond donors (Lipinski definition) is 2. The zero-order valence-corrected chi connectivity index (χ0v) is 9.08. The van der Waals surface area contributed by atoms with E-state index in [0.717, 1.165) is 12.1 Å². The van der Waals surface area contributed by atoms with E-state index >= 15 is 0 Å². The van der Waals surface area contributed by atoms with Gasteiger partial charge in [0.25, 0.3) is 5.88 Å². The maximum absolute atomic E-state index is 9.07. The van der Waals surface area contributed by atoms with Gasteiger partial charge in [-0.25, -0.2) is 9.97 Å². The van der Waals surface area contributed by atoms with Crippen LogP contribution in [0.15, 0.2) is 12.4 Å². The van der Waals surface area contributed by atoms with Crippen LogP contribution in [0.25, 0.3) is 5.65 Å². The molecule has 0 amide bonds. The first-order valence-electron chi connectivity index (χ1n) is 4.94. The SMILES string of the molecule is CCc1cn2cc(B(O)O)nc(OC)c2n1. The fourth-order valence-electron chi connectivity index (χ4n) is 1.47. The van der Waals surface area contributed by atoms with Gasteiger partial charge in [-0.2, -0.15) is 0 Å². The van der Waals surface area contributed by atoms with E-state index in [4.69, 9.17) is 14.8 Å². The standard InChI is InChI=1S/C9H12BN3O3/c1-3-6-4-13-5-7(10(14)15)12-9(16-2)8(13)11-6/h4-5,14-15H,3H2,1-2H3. The Kier molecular flexibility index (Phi) is 2.80. The largest absolute Gasteiger partial charge is 0.509 e.